The second-order valence-electron chi connectivity index (χ2n) is 4.20. The molecule has 88 valence electrons. The third-order valence-electron chi connectivity index (χ3n) is 2.98. The van der Waals surface area contributed by atoms with Gasteiger partial charge in [0.1, 0.15) is 0 Å². The molecule has 0 spiro atoms. The molecule has 0 saturated carbocycles. The summed E-state index contributed by atoms with van der Waals surface area (Å²) in [6, 6.07) is 0.464. The van der Waals surface area contributed by atoms with Crippen LogP contribution >= 0.6 is 0 Å². The Morgan fingerprint density at radius 3 is 2.33 bits per heavy atom. The van der Waals surface area contributed by atoms with E-state index in [0.29, 0.717) is 17.9 Å². The number of hydrogen-bond donors (Lipinski definition) is 0. The van der Waals surface area contributed by atoms with E-state index in [-0.39, 0.29) is 0 Å². The zero-order chi connectivity index (χ0) is 11.3. The molecule has 0 aromatic rings. The highest BCUT2D eigenvalue weighted by Crippen LogP contribution is 2.24. The van der Waals surface area contributed by atoms with E-state index in [4.69, 9.17) is 4.74 Å². The van der Waals surface area contributed by atoms with Gasteiger partial charge >= 0.3 is 0 Å². The van der Waals surface area contributed by atoms with E-state index in [0.717, 1.165) is 39.0 Å². The molecule has 2 aliphatic heterocycles. The number of ether oxygens (including phenoxy) is 1. The van der Waals surface area contributed by atoms with Crippen LogP contribution < -0.4 is 0 Å². The molecule has 3 nitrogen and oxygen atoms in total. The van der Waals surface area contributed by atoms with Crippen LogP contribution in [0.4, 0.5) is 0 Å². The van der Waals surface area contributed by atoms with Crippen molar-refractivity contribution >= 4 is 5.91 Å². The van der Waals surface area contributed by atoms with E-state index in [1.54, 1.807) is 0 Å². The normalized spacial score (nSPS) is 27.5. The molecule has 2 heterocycles. The Balaban J connectivity index is 0.000000531. The number of nitrogens with zero attached hydrogens (tertiary/aromatic N) is 1. The smallest absolute Gasteiger partial charge is 0.223 e. The fraction of sp³-hybridized carbons (Fsp3) is 0.917. The van der Waals surface area contributed by atoms with Crippen molar-refractivity contribution in [2.24, 2.45) is 5.92 Å². The number of likely N-dealkylation sites (tertiary alicyclic amines) is 1. The summed E-state index contributed by atoms with van der Waals surface area (Å²) in [5.74, 6) is 0.898. The molecule has 0 aromatic carbocycles. The molecule has 2 fully saturated rings. The van der Waals surface area contributed by atoms with Crippen molar-refractivity contribution in [2.45, 2.75) is 46.1 Å². The molecule has 0 bridgehead atoms. The summed E-state index contributed by atoms with van der Waals surface area (Å²) < 4.78 is 5.28. The van der Waals surface area contributed by atoms with E-state index in [1.807, 2.05) is 13.8 Å². The molecule has 1 amide bonds. The maximum Gasteiger partial charge on any atom is 0.223 e. The van der Waals surface area contributed by atoms with Crippen LogP contribution in [-0.4, -0.2) is 36.6 Å². The third kappa shape index (κ3) is 3.20. The Labute approximate surface area is 92.8 Å². The summed E-state index contributed by atoms with van der Waals surface area (Å²) >= 11 is 0. The average molecular weight is 213 g/mol. The van der Waals surface area contributed by atoms with Gasteiger partial charge in [0.25, 0.3) is 0 Å². The topological polar surface area (TPSA) is 29.5 Å². The maximum absolute atomic E-state index is 11.6. The van der Waals surface area contributed by atoms with Gasteiger partial charge in [0.05, 0.1) is 0 Å². The zero-order valence-corrected chi connectivity index (χ0v) is 10.2. The second-order valence-corrected chi connectivity index (χ2v) is 4.20. The molecule has 15 heavy (non-hydrogen) atoms. The van der Waals surface area contributed by atoms with Crippen molar-refractivity contribution in [3.63, 3.8) is 0 Å². The fourth-order valence-electron chi connectivity index (χ4n) is 2.27. The predicted octanol–water partition coefficient (Wildman–Crippen LogP) is 2.06. The summed E-state index contributed by atoms with van der Waals surface area (Å²) in [7, 11) is 0. The van der Waals surface area contributed by atoms with E-state index in [9.17, 15) is 4.79 Å². The Hall–Kier alpha value is -0.570. The first-order chi connectivity index (χ1) is 7.27. The molecule has 3 heteroatoms. The summed E-state index contributed by atoms with van der Waals surface area (Å²) in [4.78, 5) is 13.6. The molecule has 0 aliphatic carbocycles. The highest BCUT2D eigenvalue weighted by molar-refractivity contribution is 5.78. The number of carbonyl (C=O) groups is 1. The number of carbonyl (C=O) groups excluding carboxylic acids is 1. The number of hydrogen-bond acceptors (Lipinski definition) is 2. The number of amides is 1. The molecule has 1 unspecified atom stereocenters. The van der Waals surface area contributed by atoms with Crippen molar-refractivity contribution in [1.82, 2.24) is 4.90 Å². The van der Waals surface area contributed by atoms with Crippen LogP contribution in [0, 0.1) is 5.92 Å². The predicted molar refractivity (Wildman–Crippen MR) is 60.7 cm³/mol. The van der Waals surface area contributed by atoms with Crippen molar-refractivity contribution < 1.29 is 9.53 Å². The zero-order valence-electron chi connectivity index (χ0n) is 10.2. The van der Waals surface area contributed by atoms with E-state index >= 15 is 0 Å². The fourth-order valence-corrected chi connectivity index (χ4v) is 2.27. The van der Waals surface area contributed by atoms with Gasteiger partial charge < -0.3 is 9.64 Å². The first-order valence-electron chi connectivity index (χ1n) is 6.14. The summed E-state index contributed by atoms with van der Waals surface area (Å²) in [5, 5.41) is 0. The van der Waals surface area contributed by atoms with Gasteiger partial charge in [0.15, 0.2) is 0 Å². The molecular formula is C12H23NO2. The average Bonchev–Trinajstić information content (AvgIpc) is 2.62. The monoisotopic (exact) mass is 213 g/mol. The standard InChI is InChI=1S/C10H17NO2.C2H6/c1-8-6-10(12)11(7-8)9-2-4-13-5-3-9;1-2/h8-9H,2-7H2,1H3;1-2H3. The van der Waals surface area contributed by atoms with Gasteiger partial charge in [0.2, 0.25) is 5.91 Å². The van der Waals surface area contributed by atoms with Gasteiger partial charge in [-0.2, -0.15) is 0 Å². The van der Waals surface area contributed by atoms with Gasteiger partial charge in [-0.05, 0) is 18.8 Å². The minimum Gasteiger partial charge on any atom is -0.381 e. The summed E-state index contributed by atoms with van der Waals surface area (Å²) in [6.45, 7) is 8.76. The van der Waals surface area contributed by atoms with Gasteiger partial charge in [0, 0.05) is 32.2 Å². The van der Waals surface area contributed by atoms with Crippen molar-refractivity contribution in [3.05, 3.63) is 0 Å². The Bertz CT molecular complexity index is 200. The quantitative estimate of drug-likeness (QED) is 0.667. The molecule has 0 N–H and O–H groups in total. The highest BCUT2D eigenvalue weighted by Gasteiger charge is 2.32. The van der Waals surface area contributed by atoms with Crippen molar-refractivity contribution in [2.75, 3.05) is 19.8 Å². The SMILES string of the molecule is CC.CC1CC(=O)N(C2CCOCC2)C1. The first kappa shape index (κ1) is 12.5. The summed E-state index contributed by atoms with van der Waals surface area (Å²) in [5.41, 5.74) is 0. The van der Waals surface area contributed by atoms with Gasteiger partial charge in [-0.15, -0.1) is 0 Å². The van der Waals surface area contributed by atoms with Crippen LogP contribution in [0.15, 0.2) is 0 Å². The molecule has 1 atom stereocenters. The van der Waals surface area contributed by atoms with E-state index in [2.05, 4.69) is 11.8 Å². The lowest BCUT2D eigenvalue weighted by molar-refractivity contribution is -0.131. The Morgan fingerprint density at radius 2 is 1.87 bits per heavy atom. The van der Waals surface area contributed by atoms with Crippen molar-refractivity contribution in [3.8, 4) is 0 Å². The van der Waals surface area contributed by atoms with E-state index < -0.39 is 0 Å². The minimum absolute atomic E-state index is 0.347. The lowest BCUT2D eigenvalue weighted by atomic mass is 10.1. The van der Waals surface area contributed by atoms with Crippen LogP contribution in [-0.2, 0) is 9.53 Å². The van der Waals surface area contributed by atoms with Gasteiger partial charge in [-0.3, -0.25) is 4.79 Å². The van der Waals surface area contributed by atoms with Crippen molar-refractivity contribution in [1.29, 1.82) is 0 Å². The maximum atomic E-state index is 11.6. The van der Waals surface area contributed by atoms with Crippen LogP contribution in [0.1, 0.15) is 40.0 Å². The first-order valence-corrected chi connectivity index (χ1v) is 6.14. The van der Waals surface area contributed by atoms with Crippen LogP contribution in [0.5, 0.6) is 0 Å². The van der Waals surface area contributed by atoms with Gasteiger partial charge in [-0.1, -0.05) is 20.8 Å². The Kier molecular flexibility index (Phi) is 5.09. The molecule has 2 rings (SSSR count). The lowest BCUT2D eigenvalue weighted by Gasteiger charge is -2.31. The van der Waals surface area contributed by atoms with Gasteiger partial charge in [-0.25, -0.2) is 0 Å². The van der Waals surface area contributed by atoms with Crippen LogP contribution in [0.2, 0.25) is 0 Å². The minimum atomic E-state index is 0.347. The highest BCUT2D eigenvalue weighted by atomic mass is 16.5. The largest absolute Gasteiger partial charge is 0.381 e. The number of rotatable bonds is 1. The van der Waals surface area contributed by atoms with Crippen LogP contribution in [0.25, 0.3) is 0 Å². The second kappa shape index (κ2) is 6.11. The molecule has 0 radical (unpaired) electrons. The summed E-state index contributed by atoms with van der Waals surface area (Å²) in [6.07, 6.45) is 2.80. The Morgan fingerprint density at radius 1 is 1.27 bits per heavy atom. The lowest BCUT2D eigenvalue weighted by Crippen LogP contribution is -2.40. The molecule has 0 aromatic heterocycles. The molecule has 2 aliphatic rings. The van der Waals surface area contributed by atoms with E-state index in [1.165, 1.54) is 0 Å². The van der Waals surface area contributed by atoms with Crippen LogP contribution in [0.3, 0.4) is 0 Å². The molecule has 2 saturated heterocycles. The molecular weight excluding hydrogens is 190 g/mol. The third-order valence-corrected chi connectivity index (χ3v) is 2.98.